The number of nitrogens with zero attached hydrogens (tertiary/aromatic N) is 1. The Morgan fingerprint density at radius 2 is 1.12 bits per heavy atom. The Morgan fingerprint density at radius 1 is 0.613 bits per heavy atom. The SMILES string of the molecule is CC(=O)NC1[C@H](OCCCCC(=O)NCCCC[C@H](NC(=O)CCCCOC2OC(CO)C[C@H](O)[C@@H]2NC(C)=O)C(=O)NCCCCCC(=O)NCCOC(C)(C)OCCNC(=O)CCN2C(=O)C=CC2=O)OC(CO)C(O)[C@@H]1O. The van der Waals surface area contributed by atoms with E-state index in [0.717, 1.165) is 17.1 Å². The molecule has 2 saturated heterocycles. The van der Waals surface area contributed by atoms with E-state index < -0.39 is 91.3 Å². The third-order valence-electron chi connectivity index (χ3n) is 13.0. The minimum absolute atomic E-state index is 0.0203. The standard InChI is InChI=1S/C52H88N8O20/c1-33(63)57-45-37(65)30-35(31-61)79-50(45)75-26-13-9-17-42(69)59-36(14-7-11-21-53-39(66)16-8-12-27-76-51-46(58-34(2)64)48(73)47(72)38(32-62)80-51)49(74)56-22-10-5-6-15-40(67)54-23-28-77-52(3,4)78-29-24-55-41(68)20-25-60-43(70)18-19-44(60)71/h18-19,35-38,45-48,50-51,61-62,65,72-73H,5-17,20-32H2,1-4H3,(H,53,66)(H,54,67)(H,55,68)(H,56,74)(H,57,63)(H,58,64)(H,59,69)/t35?,36-,37-,38?,45-,46?,47?,48+,50?,51+/m0/s1. The molecule has 456 valence electrons. The summed E-state index contributed by atoms with van der Waals surface area (Å²) in [5.74, 6) is -4.29. The number of ether oxygens (including phenoxy) is 6. The zero-order valence-electron chi connectivity index (χ0n) is 46.6. The van der Waals surface area contributed by atoms with Gasteiger partial charge in [0, 0.05) is 104 Å². The van der Waals surface area contributed by atoms with Crippen molar-refractivity contribution in [3.05, 3.63) is 12.2 Å². The van der Waals surface area contributed by atoms with Crippen LogP contribution in [0, 0.1) is 0 Å². The van der Waals surface area contributed by atoms with Crippen LogP contribution in [0.2, 0.25) is 0 Å². The lowest BCUT2D eigenvalue weighted by Gasteiger charge is -2.42. The van der Waals surface area contributed by atoms with Crippen molar-refractivity contribution in [1.82, 2.24) is 42.1 Å². The molecule has 10 atom stereocenters. The van der Waals surface area contributed by atoms with Crippen molar-refractivity contribution in [2.24, 2.45) is 0 Å². The van der Waals surface area contributed by atoms with Crippen LogP contribution in [0.3, 0.4) is 0 Å². The molecule has 80 heavy (non-hydrogen) atoms. The Hall–Kier alpha value is -5.27. The molecule has 0 aromatic rings. The smallest absolute Gasteiger partial charge is 0.253 e. The van der Waals surface area contributed by atoms with Crippen LogP contribution in [0.25, 0.3) is 0 Å². The largest absolute Gasteiger partial charge is 0.394 e. The number of carbonyl (C=O) groups is 9. The number of amides is 9. The minimum Gasteiger partial charge on any atom is -0.394 e. The molecule has 3 aliphatic rings. The van der Waals surface area contributed by atoms with Crippen molar-refractivity contribution in [2.75, 3.05) is 72.4 Å². The number of carbonyl (C=O) groups excluding carboxylic acids is 9. The van der Waals surface area contributed by atoms with E-state index in [9.17, 15) is 68.7 Å². The van der Waals surface area contributed by atoms with Crippen LogP contribution in [0.5, 0.6) is 0 Å². The van der Waals surface area contributed by atoms with Gasteiger partial charge in [0.2, 0.25) is 41.4 Å². The molecule has 3 aliphatic heterocycles. The third kappa shape index (κ3) is 27.0. The van der Waals surface area contributed by atoms with Crippen molar-refractivity contribution in [1.29, 1.82) is 0 Å². The fourth-order valence-corrected chi connectivity index (χ4v) is 8.68. The van der Waals surface area contributed by atoms with Crippen LogP contribution in [-0.4, -0.2) is 223 Å². The van der Waals surface area contributed by atoms with Crippen molar-refractivity contribution in [3.63, 3.8) is 0 Å². The summed E-state index contributed by atoms with van der Waals surface area (Å²) in [7, 11) is 0. The average Bonchev–Trinajstić information content (AvgIpc) is 3.74. The van der Waals surface area contributed by atoms with E-state index >= 15 is 0 Å². The van der Waals surface area contributed by atoms with Crippen LogP contribution in [0.1, 0.15) is 124 Å². The summed E-state index contributed by atoms with van der Waals surface area (Å²) in [6.07, 6.45) is -0.337. The van der Waals surface area contributed by atoms with Gasteiger partial charge in [-0.2, -0.15) is 0 Å². The Kier molecular flexibility index (Phi) is 32.5. The van der Waals surface area contributed by atoms with E-state index in [1.165, 1.54) is 13.8 Å². The van der Waals surface area contributed by atoms with Gasteiger partial charge in [-0.1, -0.05) is 6.42 Å². The van der Waals surface area contributed by atoms with Gasteiger partial charge < -0.3 is 91.2 Å². The number of nitrogens with one attached hydrogen (secondary N) is 7. The molecule has 3 rings (SSSR count). The lowest BCUT2D eigenvalue weighted by atomic mass is 9.97. The predicted octanol–water partition coefficient (Wildman–Crippen LogP) is -2.96. The first kappa shape index (κ1) is 69.0. The highest BCUT2D eigenvalue weighted by Gasteiger charge is 2.45. The Morgan fingerprint density at radius 3 is 1.70 bits per heavy atom. The maximum absolute atomic E-state index is 13.4. The lowest BCUT2D eigenvalue weighted by Crippen LogP contribution is -2.64. The highest BCUT2D eigenvalue weighted by Crippen LogP contribution is 2.24. The van der Waals surface area contributed by atoms with E-state index in [4.69, 9.17) is 28.4 Å². The number of hydrogen-bond acceptors (Lipinski definition) is 20. The number of unbranched alkanes of at least 4 members (excludes halogenated alkanes) is 5. The summed E-state index contributed by atoms with van der Waals surface area (Å²) in [6.45, 7) is 6.51. The van der Waals surface area contributed by atoms with Crippen LogP contribution in [0.4, 0.5) is 0 Å². The third-order valence-corrected chi connectivity index (χ3v) is 13.0. The number of rotatable bonds is 40. The molecule has 0 spiro atoms. The van der Waals surface area contributed by atoms with Crippen LogP contribution in [-0.2, 0) is 71.6 Å². The van der Waals surface area contributed by atoms with Gasteiger partial charge in [-0.05, 0) is 71.6 Å². The Balaban J connectivity index is 1.36. The summed E-state index contributed by atoms with van der Waals surface area (Å²) in [6, 6.07) is -2.80. The molecule has 0 saturated carbocycles. The van der Waals surface area contributed by atoms with Crippen LogP contribution in [0.15, 0.2) is 12.2 Å². The van der Waals surface area contributed by atoms with Gasteiger partial charge in [0.05, 0.1) is 38.6 Å². The summed E-state index contributed by atoms with van der Waals surface area (Å²) >= 11 is 0. The maximum Gasteiger partial charge on any atom is 0.253 e. The zero-order chi connectivity index (χ0) is 59.0. The molecular weight excluding hydrogens is 1060 g/mol. The van der Waals surface area contributed by atoms with Gasteiger partial charge in [-0.3, -0.25) is 48.1 Å². The van der Waals surface area contributed by atoms with Gasteiger partial charge in [0.15, 0.2) is 18.4 Å². The molecule has 12 N–H and O–H groups in total. The first-order valence-electron chi connectivity index (χ1n) is 27.7. The first-order valence-corrected chi connectivity index (χ1v) is 27.7. The van der Waals surface area contributed by atoms with Crippen molar-refractivity contribution in [2.45, 2.75) is 191 Å². The number of aliphatic hydroxyl groups is 5. The number of hydrogen-bond donors (Lipinski definition) is 12. The lowest BCUT2D eigenvalue weighted by molar-refractivity contribution is -0.270. The molecule has 0 aliphatic carbocycles. The summed E-state index contributed by atoms with van der Waals surface area (Å²) in [5.41, 5.74) is 0. The monoisotopic (exact) mass is 1140 g/mol. The predicted molar refractivity (Wildman–Crippen MR) is 282 cm³/mol. The second-order valence-electron chi connectivity index (χ2n) is 20.2. The quantitative estimate of drug-likeness (QED) is 0.0166. The van der Waals surface area contributed by atoms with E-state index in [1.807, 2.05) is 0 Å². The fourth-order valence-electron chi connectivity index (χ4n) is 8.68. The molecule has 0 aromatic heterocycles. The fraction of sp³-hybridized carbons (Fsp3) is 0.788. The summed E-state index contributed by atoms with van der Waals surface area (Å²) in [4.78, 5) is 111. The molecule has 0 aromatic carbocycles. The van der Waals surface area contributed by atoms with Crippen molar-refractivity contribution in [3.8, 4) is 0 Å². The van der Waals surface area contributed by atoms with E-state index in [0.29, 0.717) is 70.9 Å². The normalized spacial score (nSPS) is 23.3. The zero-order valence-corrected chi connectivity index (χ0v) is 46.6. The highest BCUT2D eigenvalue weighted by atomic mass is 16.7. The molecule has 28 heteroatoms. The van der Waals surface area contributed by atoms with Crippen LogP contribution >= 0.6 is 0 Å². The topological polar surface area (TPSA) is 398 Å². The molecule has 28 nitrogen and oxygen atoms in total. The number of aliphatic hydroxyl groups excluding tert-OH is 5. The van der Waals surface area contributed by atoms with Gasteiger partial charge >= 0.3 is 0 Å². The Bertz CT molecular complexity index is 1980. The summed E-state index contributed by atoms with van der Waals surface area (Å²) in [5, 5.41) is 69.4. The van der Waals surface area contributed by atoms with Crippen molar-refractivity contribution >= 4 is 53.2 Å². The van der Waals surface area contributed by atoms with Gasteiger partial charge in [0.1, 0.15) is 36.4 Å². The van der Waals surface area contributed by atoms with E-state index in [2.05, 4.69) is 37.2 Å². The average molecular weight is 1150 g/mol. The maximum atomic E-state index is 13.4. The van der Waals surface area contributed by atoms with Crippen molar-refractivity contribution < 1.29 is 97.1 Å². The second-order valence-corrected chi connectivity index (χ2v) is 20.2. The molecule has 9 amide bonds. The molecule has 2 fully saturated rings. The Labute approximate surface area is 466 Å². The van der Waals surface area contributed by atoms with E-state index in [1.54, 1.807) is 13.8 Å². The molecule has 3 heterocycles. The molecule has 0 bridgehead atoms. The molecule has 0 radical (unpaired) electrons. The molecular formula is C52H88N8O20. The van der Waals surface area contributed by atoms with Gasteiger partial charge in [0.25, 0.3) is 11.8 Å². The number of imide groups is 1. The highest BCUT2D eigenvalue weighted by molar-refractivity contribution is 6.13. The van der Waals surface area contributed by atoms with Gasteiger partial charge in [-0.25, -0.2) is 0 Å². The van der Waals surface area contributed by atoms with E-state index in [-0.39, 0.29) is 127 Å². The minimum atomic E-state index is -1.44. The molecule has 5 unspecified atom stereocenters. The second kappa shape index (κ2) is 37.7. The summed E-state index contributed by atoms with van der Waals surface area (Å²) < 4.78 is 34.2. The van der Waals surface area contributed by atoms with Crippen LogP contribution < -0.4 is 37.2 Å². The van der Waals surface area contributed by atoms with Gasteiger partial charge in [-0.15, -0.1) is 0 Å². The first-order chi connectivity index (χ1) is 38.1.